The number of hydrogen-bond acceptors (Lipinski definition) is 1. The first-order valence-corrected chi connectivity index (χ1v) is 6.02. The van der Waals surface area contributed by atoms with Crippen LogP contribution in [0.4, 0.5) is 4.79 Å². The summed E-state index contributed by atoms with van der Waals surface area (Å²) in [5, 5.41) is 13.9. The Kier molecular flexibility index (Phi) is 5.83. The van der Waals surface area contributed by atoms with Gasteiger partial charge in [0, 0.05) is 33.9 Å². The summed E-state index contributed by atoms with van der Waals surface area (Å²) in [6, 6.07) is 0. The Morgan fingerprint density at radius 1 is 1.11 bits per heavy atom. The summed E-state index contributed by atoms with van der Waals surface area (Å²) in [5.74, 6) is 0. The number of carbonyl (C=O) groups is 1. The molecule has 56 valence electrons. The predicted octanol–water partition coefficient (Wildman–Crippen LogP) is 1.75. The summed E-state index contributed by atoms with van der Waals surface area (Å²) in [5.41, 5.74) is 0. The highest BCUT2D eigenvalue weighted by atomic mass is 31.2. The summed E-state index contributed by atoms with van der Waals surface area (Å²) >= 11 is 0. The third-order valence-corrected chi connectivity index (χ3v) is 0. The Balaban J connectivity index is 0. The van der Waals surface area contributed by atoms with Crippen LogP contribution < -0.4 is 0 Å². The fraction of sp³-hybridized carbons (Fsp3) is 0.800. The Morgan fingerprint density at radius 2 is 1.11 bits per heavy atom. The molecule has 0 spiro atoms. The quantitative estimate of drug-likeness (QED) is 0.521. The molecule has 0 radical (unpaired) electrons. The Bertz CT molecular complexity index is 74.7. The van der Waals surface area contributed by atoms with E-state index in [0.29, 0.717) is 0 Å². The van der Waals surface area contributed by atoms with Gasteiger partial charge >= 0.3 is 6.16 Å². The van der Waals surface area contributed by atoms with Crippen molar-refractivity contribution in [2.45, 2.75) is 0 Å². The summed E-state index contributed by atoms with van der Waals surface area (Å²) < 4.78 is 0. The second-order valence-corrected chi connectivity index (χ2v) is 8.33. The molecular weight excluding hydrogens is 139 g/mol. The van der Waals surface area contributed by atoms with Crippen LogP contribution in [0.15, 0.2) is 0 Å². The molecule has 0 bridgehead atoms. The first-order chi connectivity index (χ1) is 3.73. The molecule has 3 nitrogen and oxygen atoms in total. The average molecular weight is 153 g/mol. The highest BCUT2D eigenvalue weighted by molar-refractivity contribution is 7.72. The Labute approximate surface area is 56.0 Å². The van der Waals surface area contributed by atoms with Crippen molar-refractivity contribution in [3.8, 4) is 0 Å². The van der Waals surface area contributed by atoms with Crippen LogP contribution in [-0.2, 0) is 0 Å². The predicted molar refractivity (Wildman–Crippen MR) is 41.3 cm³/mol. The van der Waals surface area contributed by atoms with E-state index in [4.69, 9.17) is 15.0 Å². The van der Waals surface area contributed by atoms with Crippen molar-refractivity contribution >= 4 is 13.4 Å². The van der Waals surface area contributed by atoms with Gasteiger partial charge in [0.1, 0.15) is 0 Å². The summed E-state index contributed by atoms with van der Waals surface area (Å²) in [4.78, 5) is 8.56. The first kappa shape index (κ1) is 11.5. The van der Waals surface area contributed by atoms with Crippen LogP contribution in [0.1, 0.15) is 0 Å². The molecule has 2 N–H and O–H groups in total. The van der Waals surface area contributed by atoms with Crippen molar-refractivity contribution in [1.82, 2.24) is 0 Å². The van der Waals surface area contributed by atoms with Gasteiger partial charge in [-0.2, -0.15) is 0 Å². The molecule has 9 heavy (non-hydrogen) atoms. The molecule has 0 aromatic heterocycles. The molecule has 0 rings (SSSR count). The van der Waals surface area contributed by atoms with Crippen molar-refractivity contribution in [2.75, 3.05) is 26.7 Å². The van der Waals surface area contributed by atoms with Crippen molar-refractivity contribution in [1.29, 1.82) is 0 Å². The fourth-order valence-corrected chi connectivity index (χ4v) is 0. The van der Waals surface area contributed by atoms with E-state index < -0.39 is 6.16 Å². The van der Waals surface area contributed by atoms with E-state index in [-0.39, 0.29) is 7.26 Å². The van der Waals surface area contributed by atoms with E-state index in [9.17, 15) is 0 Å². The number of carboxylic acid groups (broad SMARTS) is 2. The van der Waals surface area contributed by atoms with Crippen LogP contribution in [-0.4, -0.2) is 43.0 Å². The van der Waals surface area contributed by atoms with E-state index in [1.807, 2.05) is 0 Å². The van der Waals surface area contributed by atoms with Crippen LogP contribution >= 0.6 is 7.26 Å². The molecule has 0 aliphatic rings. The molecule has 0 fully saturated rings. The normalized spacial score (nSPS) is 9.33. The maximum absolute atomic E-state index is 8.56. The molecule has 0 atom stereocenters. The van der Waals surface area contributed by atoms with Gasteiger partial charge in [0.25, 0.3) is 0 Å². The first-order valence-electron chi connectivity index (χ1n) is 2.44. The Morgan fingerprint density at radius 3 is 1.11 bits per heavy atom. The maximum Gasteiger partial charge on any atom is 0.503 e. The zero-order valence-corrected chi connectivity index (χ0v) is 7.14. The van der Waals surface area contributed by atoms with Crippen LogP contribution in [0.2, 0.25) is 0 Å². The smallest absolute Gasteiger partial charge is 0.450 e. The summed E-state index contributed by atoms with van der Waals surface area (Å²) in [7, 11) is -0.389. The van der Waals surface area contributed by atoms with Gasteiger partial charge in [0.2, 0.25) is 0 Å². The summed E-state index contributed by atoms with van der Waals surface area (Å²) in [6.45, 7) is 9.19. The van der Waals surface area contributed by atoms with E-state index in [1.54, 1.807) is 0 Å². The van der Waals surface area contributed by atoms with Gasteiger partial charge in [-0.15, -0.1) is 0 Å². The van der Waals surface area contributed by atoms with Gasteiger partial charge in [-0.05, 0) is 0 Å². The third-order valence-electron chi connectivity index (χ3n) is 0. The maximum atomic E-state index is 8.56. The molecule has 0 amide bonds. The van der Waals surface area contributed by atoms with Crippen molar-refractivity contribution in [2.24, 2.45) is 0 Å². The van der Waals surface area contributed by atoms with Gasteiger partial charge in [0.05, 0.1) is 0 Å². The van der Waals surface area contributed by atoms with Crippen LogP contribution in [0.5, 0.6) is 0 Å². The molecule has 0 aliphatic carbocycles. The lowest BCUT2D eigenvalue weighted by molar-refractivity contribution is 0.137. The lowest BCUT2D eigenvalue weighted by Crippen LogP contribution is -1.81. The van der Waals surface area contributed by atoms with Crippen molar-refractivity contribution in [3.63, 3.8) is 0 Å². The molecule has 0 aliphatic heterocycles. The van der Waals surface area contributed by atoms with E-state index in [1.165, 1.54) is 0 Å². The number of rotatable bonds is 0. The van der Waals surface area contributed by atoms with Gasteiger partial charge in [-0.25, -0.2) is 4.79 Å². The minimum atomic E-state index is -1.83. The lowest BCUT2D eigenvalue weighted by Gasteiger charge is -1.97. The van der Waals surface area contributed by atoms with E-state index in [0.717, 1.165) is 0 Å². The standard InChI is InChI=1S/C4H12P.CH2O3/c1-5(2,3)4;2-1(3)4/h1-4H3;(H2,2,3,4)/q+1;. The van der Waals surface area contributed by atoms with Gasteiger partial charge in [-0.1, -0.05) is 0 Å². The second kappa shape index (κ2) is 4.57. The van der Waals surface area contributed by atoms with Crippen LogP contribution in [0.25, 0.3) is 0 Å². The third kappa shape index (κ3) is 2780. The monoisotopic (exact) mass is 153 g/mol. The average Bonchev–Trinajstić information content (AvgIpc) is 1.19. The molecular formula is C5H14O3P+. The summed E-state index contributed by atoms with van der Waals surface area (Å²) in [6.07, 6.45) is -1.83. The van der Waals surface area contributed by atoms with Gasteiger partial charge < -0.3 is 10.2 Å². The van der Waals surface area contributed by atoms with E-state index in [2.05, 4.69) is 26.7 Å². The molecule has 0 aromatic carbocycles. The molecule has 0 saturated heterocycles. The highest BCUT2D eigenvalue weighted by Gasteiger charge is 2.03. The largest absolute Gasteiger partial charge is 0.503 e. The fourth-order valence-electron chi connectivity index (χ4n) is 0. The zero-order chi connectivity index (χ0) is 8.08. The van der Waals surface area contributed by atoms with Crippen molar-refractivity contribution < 1.29 is 15.0 Å². The molecule has 0 aromatic rings. The number of hydrogen-bond donors (Lipinski definition) is 2. The topological polar surface area (TPSA) is 57.5 Å². The Hall–Kier alpha value is -0.300. The minimum Gasteiger partial charge on any atom is -0.450 e. The zero-order valence-electron chi connectivity index (χ0n) is 6.25. The lowest BCUT2D eigenvalue weighted by atomic mass is 11.5. The molecule has 0 saturated carbocycles. The van der Waals surface area contributed by atoms with Crippen LogP contribution in [0.3, 0.4) is 0 Å². The minimum absolute atomic E-state index is 0.389. The molecule has 4 heteroatoms. The van der Waals surface area contributed by atoms with Crippen molar-refractivity contribution in [3.05, 3.63) is 0 Å². The second-order valence-electron chi connectivity index (χ2n) is 2.97. The van der Waals surface area contributed by atoms with Gasteiger partial charge in [-0.3, -0.25) is 0 Å². The van der Waals surface area contributed by atoms with Crippen LogP contribution in [0, 0.1) is 0 Å². The molecule has 0 unspecified atom stereocenters. The van der Waals surface area contributed by atoms with E-state index >= 15 is 0 Å². The SMILES string of the molecule is C[P+](C)(C)C.O=C(O)O. The highest BCUT2D eigenvalue weighted by Crippen LogP contribution is 2.40. The van der Waals surface area contributed by atoms with Gasteiger partial charge in [0.15, 0.2) is 0 Å². The molecule has 0 heterocycles.